The highest BCUT2D eigenvalue weighted by Crippen LogP contribution is 2.05. The number of aliphatic carboxylic acids is 1. The Hall–Kier alpha value is -3.92. The fourth-order valence-electron chi connectivity index (χ4n) is 2.26. The second-order valence-electron chi connectivity index (χ2n) is 6.02. The highest BCUT2D eigenvalue weighted by atomic mass is 16.7. The summed E-state index contributed by atoms with van der Waals surface area (Å²) in [6, 6.07) is 11.3. The van der Waals surface area contributed by atoms with Crippen LogP contribution in [0.4, 0.5) is 0 Å². The third-order valence-corrected chi connectivity index (χ3v) is 3.69. The molecule has 0 bridgehead atoms. The van der Waals surface area contributed by atoms with E-state index in [1.165, 1.54) is 12.3 Å². The first kappa shape index (κ1) is 22.4. The van der Waals surface area contributed by atoms with Gasteiger partial charge in [0.05, 0.1) is 12.8 Å². The van der Waals surface area contributed by atoms with Gasteiger partial charge in [-0.25, -0.2) is 4.79 Å². The van der Waals surface area contributed by atoms with E-state index in [0.717, 1.165) is 11.6 Å². The molecule has 0 saturated carbocycles. The molecule has 10 heteroatoms. The van der Waals surface area contributed by atoms with Gasteiger partial charge in [-0.05, 0) is 30.2 Å². The zero-order chi connectivity index (χ0) is 21.8. The van der Waals surface area contributed by atoms with E-state index in [1.807, 2.05) is 6.07 Å². The van der Waals surface area contributed by atoms with Gasteiger partial charge in [0, 0.05) is 6.08 Å². The number of hydrogen-bond acceptors (Lipinski definition) is 7. The fourth-order valence-corrected chi connectivity index (χ4v) is 2.26. The Morgan fingerprint density at radius 3 is 2.47 bits per heavy atom. The maximum Gasteiger partial charge on any atom is 0.349 e. The van der Waals surface area contributed by atoms with Crippen molar-refractivity contribution in [1.29, 1.82) is 0 Å². The first-order valence-corrected chi connectivity index (χ1v) is 8.92. The second kappa shape index (κ2) is 11.8. The minimum atomic E-state index is -1.20. The van der Waals surface area contributed by atoms with E-state index in [9.17, 15) is 19.2 Å². The van der Waals surface area contributed by atoms with Gasteiger partial charge in [-0.2, -0.15) is 0 Å². The summed E-state index contributed by atoms with van der Waals surface area (Å²) in [7, 11) is 0. The van der Waals surface area contributed by atoms with Crippen LogP contribution in [0.2, 0.25) is 0 Å². The van der Waals surface area contributed by atoms with Crippen molar-refractivity contribution in [2.75, 3.05) is 13.1 Å². The van der Waals surface area contributed by atoms with E-state index in [2.05, 4.69) is 16.1 Å². The number of rotatable bonds is 11. The molecule has 0 saturated heterocycles. The van der Waals surface area contributed by atoms with Crippen molar-refractivity contribution >= 4 is 29.8 Å². The van der Waals surface area contributed by atoms with Crippen LogP contribution in [0.15, 0.2) is 59.2 Å². The summed E-state index contributed by atoms with van der Waals surface area (Å²) in [6.45, 7) is -0.981. The summed E-state index contributed by atoms with van der Waals surface area (Å²) >= 11 is 0. The molecule has 10 nitrogen and oxygen atoms in total. The minimum absolute atomic E-state index is 0.179. The molecule has 0 fully saturated rings. The van der Waals surface area contributed by atoms with Crippen molar-refractivity contribution in [2.24, 2.45) is 0 Å². The number of benzene rings is 1. The smallest absolute Gasteiger partial charge is 0.349 e. The second-order valence-corrected chi connectivity index (χ2v) is 6.02. The van der Waals surface area contributed by atoms with Crippen LogP contribution in [0.1, 0.15) is 11.3 Å². The molecule has 2 amide bonds. The Labute approximate surface area is 171 Å². The lowest BCUT2D eigenvalue weighted by Crippen LogP contribution is -2.49. The van der Waals surface area contributed by atoms with Gasteiger partial charge in [0.15, 0.2) is 0 Å². The lowest BCUT2D eigenvalue weighted by Gasteiger charge is -2.17. The summed E-state index contributed by atoms with van der Waals surface area (Å²) in [5.74, 6) is -2.77. The fraction of sp³-hybridized carbons (Fsp3) is 0.200. The number of hydrogen-bond donors (Lipinski definition) is 4. The predicted molar refractivity (Wildman–Crippen MR) is 105 cm³/mol. The molecule has 30 heavy (non-hydrogen) atoms. The maximum absolute atomic E-state index is 12.5. The summed E-state index contributed by atoms with van der Waals surface area (Å²) in [5, 5.41) is 13.0. The molecular weight excluding hydrogens is 394 g/mol. The van der Waals surface area contributed by atoms with Crippen molar-refractivity contribution in [1.82, 2.24) is 16.1 Å². The molecule has 0 aliphatic carbocycles. The van der Waals surface area contributed by atoms with Crippen molar-refractivity contribution < 1.29 is 33.5 Å². The molecule has 0 aliphatic rings. The predicted octanol–water partition coefficient (Wildman–Crippen LogP) is 0.269. The first-order chi connectivity index (χ1) is 14.4. The standard InChI is InChI=1S/C20H21N3O7/c24-17(21-13-18(25)26)12-22-20(28)16(11-14-5-2-1-3-6-14)23-30-19(27)9-8-15-7-4-10-29-15/h1-10,16,23H,11-13H2,(H,21,24)(H,22,28)(H,25,26)/t16-/m0/s1. The third-order valence-electron chi connectivity index (χ3n) is 3.69. The van der Waals surface area contributed by atoms with Crippen LogP contribution in [0.25, 0.3) is 6.08 Å². The minimum Gasteiger partial charge on any atom is -0.480 e. The van der Waals surface area contributed by atoms with Gasteiger partial charge in [0.1, 0.15) is 18.3 Å². The SMILES string of the molecule is O=C(O)CNC(=O)CNC(=O)[C@H](Cc1ccccc1)NOC(=O)C=Cc1ccco1. The topological polar surface area (TPSA) is 147 Å². The van der Waals surface area contributed by atoms with E-state index >= 15 is 0 Å². The Balaban J connectivity index is 1.92. The van der Waals surface area contributed by atoms with E-state index < -0.39 is 42.9 Å². The van der Waals surface area contributed by atoms with Crippen LogP contribution in [0.5, 0.6) is 0 Å². The average Bonchev–Trinajstić information content (AvgIpc) is 3.26. The normalized spacial score (nSPS) is 11.6. The van der Waals surface area contributed by atoms with E-state index in [1.54, 1.807) is 36.4 Å². The molecule has 4 N–H and O–H groups in total. The monoisotopic (exact) mass is 415 g/mol. The summed E-state index contributed by atoms with van der Waals surface area (Å²) in [6.07, 6.45) is 4.17. The van der Waals surface area contributed by atoms with Crippen molar-refractivity contribution in [3.05, 3.63) is 66.1 Å². The molecule has 1 aromatic heterocycles. The number of carbonyl (C=O) groups excluding carboxylic acids is 3. The Morgan fingerprint density at radius 1 is 1.03 bits per heavy atom. The molecule has 1 heterocycles. The van der Waals surface area contributed by atoms with Crippen LogP contribution in [-0.4, -0.2) is 48.0 Å². The summed E-state index contributed by atoms with van der Waals surface area (Å²) < 4.78 is 5.06. The number of carbonyl (C=O) groups is 4. The van der Waals surface area contributed by atoms with Crippen LogP contribution in [0.3, 0.4) is 0 Å². The highest BCUT2D eigenvalue weighted by molar-refractivity contribution is 5.89. The molecule has 0 spiro atoms. The Morgan fingerprint density at radius 2 is 1.80 bits per heavy atom. The summed E-state index contributed by atoms with van der Waals surface area (Å²) in [4.78, 5) is 51.3. The number of nitrogens with one attached hydrogen (secondary N) is 3. The Bertz CT molecular complexity index is 879. The van der Waals surface area contributed by atoms with Crippen molar-refractivity contribution in [2.45, 2.75) is 12.5 Å². The third kappa shape index (κ3) is 8.40. The van der Waals surface area contributed by atoms with Crippen LogP contribution < -0.4 is 16.1 Å². The van der Waals surface area contributed by atoms with Crippen LogP contribution in [0, 0.1) is 0 Å². The van der Waals surface area contributed by atoms with Crippen molar-refractivity contribution in [3.63, 3.8) is 0 Å². The van der Waals surface area contributed by atoms with E-state index in [-0.39, 0.29) is 6.42 Å². The number of amides is 2. The zero-order valence-corrected chi connectivity index (χ0v) is 15.9. The molecule has 0 unspecified atom stereocenters. The number of carboxylic acid groups (broad SMARTS) is 1. The lowest BCUT2D eigenvalue weighted by molar-refractivity contribution is -0.149. The first-order valence-electron chi connectivity index (χ1n) is 8.92. The molecule has 0 aliphatic heterocycles. The molecule has 1 aromatic carbocycles. The molecule has 158 valence electrons. The molecule has 2 aromatic rings. The van der Waals surface area contributed by atoms with Gasteiger partial charge in [0.25, 0.3) is 0 Å². The zero-order valence-electron chi connectivity index (χ0n) is 15.9. The van der Waals surface area contributed by atoms with Gasteiger partial charge in [-0.3, -0.25) is 14.4 Å². The van der Waals surface area contributed by atoms with Gasteiger partial charge >= 0.3 is 11.9 Å². The van der Waals surface area contributed by atoms with Gasteiger partial charge in [-0.1, -0.05) is 30.3 Å². The lowest BCUT2D eigenvalue weighted by atomic mass is 10.1. The molecule has 0 radical (unpaired) electrons. The van der Waals surface area contributed by atoms with Crippen LogP contribution >= 0.6 is 0 Å². The summed E-state index contributed by atoms with van der Waals surface area (Å²) in [5.41, 5.74) is 3.20. The largest absolute Gasteiger partial charge is 0.480 e. The van der Waals surface area contributed by atoms with E-state index in [0.29, 0.717) is 5.76 Å². The number of carboxylic acids is 1. The van der Waals surface area contributed by atoms with Gasteiger partial charge in [0.2, 0.25) is 11.8 Å². The average molecular weight is 415 g/mol. The maximum atomic E-state index is 12.5. The Kier molecular flexibility index (Phi) is 8.81. The molecule has 2 rings (SSSR count). The van der Waals surface area contributed by atoms with Gasteiger partial charge in [-0.15, -0.1) is 5.48 Å². The molecule has 1 atom stereocenters. The van der Waals surface area contributed by atoms with Crippen LogP contribution in [-0.2, 0) is 30.4 Å². The van der Waals surface area contributed by atoms with E-state index in [4.69, 9.17) is 14.4 Å². The molecular formula is C20H21N3O7. The van der Waals surface area contributed by atoms with Crippen molar-refractivity contribution in [3.8, 4) is 0 Å². The number of hydroxylamine groups is 1. The quantitative estimate of drug-likeness (QED) is 0.302. The highest BCUT2D eigenvalue weighted by Gasteiger charge is 2.21. The van der Waals surface area contributed by atoms with Gasteiger partial charge < -0.3 is 25.0 Å². The number of furan rings is 1.